The Morgan fingerprint density at radius 1 is 1.14 bits per heavy atom. The molecule has 0 radical (unpaired) electrons. The van der Waals surface area contributed by atoms with Crippen molar-refractivity contribution in [2.24, 2.45) is 5.14 Å². The molecule has 0 saturated carbocycles. The number of ether oxygens (including phenoxy) is 1. The highest BCUT2D eigenvalue weighted by Crippen LogP contribution is 2.24. The van der Waals surface area contributed by atoms with Gasteiger partial charge in [0.2, 0.25) is 10.0 Å². The summed E-state index contributed by atoms with van der Waals surface area (Å²) in [6.45, 7) is 1.36. The van der Waals surface area contributed by atoms with E-state index >= 15 is 0 Å². The first kappa shape index (κ1) is 16.8. The van der Waals surface area contributed by atoms with Crippen LogP contribution >= 0.6 is 0 Å². The molecule has 7 heteroatoms. The number of primary sulfonamides is 1. The van der Waals surface area contributed by atoms with Crippen molar-refractivity contribution in [3.63, 3.8) is 0 Å². The molecule has 0 unspecified atom stereocenters. The van der Waals surface area contributed by atoms with E-state index in [1.165, 1.54) is 31.7 Å². The molecular weight excluding hydrogens is 304 g/mol. The van der Waals surface area contributed by atoms with Gasteiger partial charge in [0.05, 0.1) is 17.6 Å². The molecular formula is C15H22N2O4S. The molecule has 0 atom stereocenters. The number of hydrogen-bond acceptors (Lipinski definition) is 4. The fourth-order valence-electron chi connectivity index (χ4n) is 2.65. The van der Waals surface area contributed by atoms with Crippen LogP contribution in [0.15, 0.2) is 23.1 Å². The fourth-order valence-corrected chi connectivity index (χ4v) is 3.19. The molecule has 6 nitrogen and oxygen atoms in total. The van der Waals surface area contributed by atoms with Crippen molar-refractivity contribution in [1.82, 2.24) is 4.90 Å². The van der Waals surface area contributed by atoms with Crippen LogP contribution in [-0.2, 0) is 10.0 Å². The minimum atomic E-state index is -3.85. The first-order chi connectivity index (χ1) is 10.4. The molecule has 1 aromatic rings. The Morgan fingerprint density at radius 3 is 2.27 bits per heavy atom. The van der Waals surface area contributed by atoms with Gasteiger partial charge >= 0.3 is 0 Å². The van der Waals surface area contributed by atoms with E-state index in [4.69, 9.17) is 9.88 Å². The number of sulfonamides is 1. The van der Waals surface area contributed by atoms with Crippen LogP contribution in [0.25, 0.3) is 0 Å². The van der Waals surface area contributed by atoms with Gasteiger partial charge < -0.3 is 9.64 Å². The van der Waals surface area contributed by atoms with E-state index in [9.17, 15) is 13.2 Å². The van der Waals surface area contributed by atoms with Crippen LogP contribution in [0.5, 0.6) is 5.75 Å². The van der Waals surface area contributed by atoms with E-state index in [-0.39, 0.29) is 16.4 Å². The third kappa shape index (κ3) is 3.98. The zero-order chi connectivity index (χ0) is 16.2. The molecule has 1 amide bonds. The summed E-state index contributed by atoms with van der Waals surface area (Å²) in [5.41, 5.74) is 0.245. The van der Waals surface area contributed by atoms with Gasteiger partial charge in [0, 0.05) is 13.1 Å². The fraction of sp³-hybridized carbons (Fsp3) is 0.533. The largest absolute Gasteiger partial charge is 0.496 e. The van der Waals surface area contributed by atoms with Gasteiger partial charge in [-0.15, -0.1) is 0 Å². The molecule has 0 bridgehead atoms. The average Bonchev–Trinajstić information content (AvgIpc) is 2.44. The highest BCUT2D eigenvalue weighted by Gasteiger charge is 2.22. The summed E-state index contributed by atoms with van der Waals surface area (Å²) in [7, 11) is -2.40. The lowest BCUT2D eigenvalue weighted by Crippen LogP contribution is -2.34. The van der Waals surface area contributed by atoms with Gasteiger partial charge in [-0.3, -0.25) is 4.79 Å². The maximum atomic E-state index is 12.7. The standard InChI is InChI=1S/C15H22N2O4S/c1-21-14-8-7-12(22(16,19)20)11-13(14)15(18)17-9-5-3-2-4-6-10-17/h7-8,11H,2-6,9-10H2,1H3,(H2,16,19,20). The van der Waals surface area contributed by atoms with Crippen molar-refractivity contribution in [3.8, 4) is 5.75 Å². The normalized spacial score (nSPS) is 16.7. The van der Waals surface area contributed by atoms with E-state index in [2.05, 4.69) is 0 Å². The third-order valence-electron chi connectivity index (χ3n) is 3.87. The van der Waals surface area contributed by atoms with Crippen molar-refractivity contribution in [1.29, 1.82) is 0 Å². The Kier molecular flexibility index (Phi) is 5.42. The summed E-state index contributed by atoms with van der Waals surface area (Å²) in [4.78, 5) is 14.4. The van der Waals surface area contributed by atoms with Gasteiger partial charge in [0.1, 0.15) is 5.75 Å². The molecule has 0 spiro atoms. The van der Waals surface area contributed by atoms with E-state index in [0.717, 1.165) is 25.7 Å². The Bertz CT molecular complexity index is 635. The summed E-state index contributed by atoms with van der Waals surface area (Å²) in [6.07, 6.45) is 5.34. The predicted molar refractivity (Wildman–Crippen MR) is 83.4 cm³/mol. The SMILES string of the molecule is COc1ccc(S(N)(=O)=O)cc1C(=O)N1CCCCCCC1. The first-order valence-electron chi connectivity index (χ1n) is 7.43. The first-order valence-corrected chi connectivity index (χ1v) is 8.98. The zero-order valence-electron chi connectivity index (χ0n) is 12.7. The Labute approximate surface area is 131 Å². The zero-order valence-corrected chi connectivity index (χ0v) is 13.6. The summed E-state index contributed by atoms with van der Waals surface area (Å²) >= 11 is 0. The molecule has 1 heterocycles. The van der Waals surface area contributed by atoms with E-state index < -0.39 is 10.0 Å². The minimum absolute atomic E-state index is 0.0799. The molecule has 1 aliphatic heterocycles. The lowest BCUT2D eigenvalue weighted by atomic mass is 10.1. The Morgan fingerprint density at radius 2 is 1.73 bits per heavy atom. The highest BCUT2D eigenvalue weighted by molar-refractivity contribution is 7.89. The second kappa shape index (κ2) is 7.11. The number of amides is 1. The van der Waals surface area contributed by atoms with Crippen LogP contribution in [0, 0.1) is 0 Å². The monoisotopic (exact) mass is 326 g/mol. The summed E-state index contributed by atoms with van der Waals surface area (Å²) in [6, 6.07) is 4.12. The Hall–Kier alpha value is -1.60. The third-order valence-corrected chi connectivity index (χ3v) is 4.78. The molecule has 122 valence electrons. The van der Waals surface area contributed by atoms with Gasteiger partial charge in [0.25, 0.3) is 5.91 Å². The number of rotatable bonds is 3. The molecule has 1 aliphatic rings. The number of carbonyl (C=O) groups is 1. The van der Waals surface area contributed by atoms with Gasteiger partial charge in [-0.2, -0.15) is 0 Å². The molecule has 1 fully saturated rings. The second-order valence-electron chi connectivity index (χ2n) is 5.47. The second-order valence-corrected chi connectivity index (χ2v) is 7.03. The summed E-state index contributed by atoms with van der Waals surface area (Å²) < 4.78 is 28.2. The van der Waals surface area contributed by atoms with Crippen molar-refractivity contribution >= 4 is 15.9 Å². The molecule has 22 heavy (non-hydrogen) atoms. The molecule has 2 rings (SSSR count). The van der Waals surface area contributed by atoms with E-state index in [1.807, 2.05) is 0 Å². The molecule has 2 N–H and O–H groups in total. The van der Waals surface area contributed by atoms with Gasteiger partial charge in [0.15, 0.2) is 0 Å². The van der Waals surface area contributed by atoms with Crippen LogP contribution in [0.1, 0.15) is 42.5 Å². The van der Waals surface area contributed by atoms with Crippen LogP contribution in [0.4, 0.5) is 0 Å². The number of methoxy groups -OCH3 is 1. The number of hydrogen-bond donors (Lipinski definition) is 1. The van der Waals surface area contributed by atoms with Gasteiger partial charge in [-0.25, -0.2) is 13.6 Å². The maximum absolute atomic E-state index is 12.7. The molecule has 0 aliphatic carbocycles. The lowest BCUT2D eigenvalue weighted by molar-refractivity contribution is 0.0738. The van der Waals surface area contributed by atoms with Crippen molar-refractivity contribution in [3.05, 3.63) is 23.8 Å². The number of benzene rings is 1. The van der Waals surface area contributed by atoms with E-state index in [0.29, 0.717) is 18.8 Å². The quantitative estimate of drug-likeness (QED) is 0.916. The number of nitrogens with zero attached hydrogens (tertiary/aromatic N) is 1. The molecule has 0 aromatic heterocycles. The van der Waals surface area contributed by atoms with Crippen molar-refractivity contribution in [2.75, 3.05) is 20.2 Å². The number of likely N-dealkylation sites (tertiary alicyclic amines) is 1. The average molecular weight is 326 g/mol. The number of nitrogens with two attached hydrogens (primary N) is 1. The summed E-state index contributed by atoms with van der Waals surface area (Å²) in [5, 5.41) is 5.15. The summed E-state index contributed by atoms with van der Waals surface area (Å²) in [5.74, 6) is 0.156. The lowest BCUT2D eigenvalue weighted by Gasteiger charge is -2.25. The van der Waals surface area contributed by atoms with Crippen molar-refractivity contribution in [2.45, 2.75) is 37.0 Å². The minimum Gasteiger partial charge on any atom is -0.496 e. The van der Waals surface area contributed by atoms with Crippen LogP contribution in [0.3, 0.4) is 0 Å². The molecule has 1 aromatic carbocycles. The van der Waals surface area contributed by atoms with Gasteiger partial charge in [-0.1, -0.05) is 19.3 Å². The molecule has 1 saturated heterocycles. The van der Waals surface area contributed by atoms with Gasteiger partial charge in [-0.05, 0) is 31.0 Å². The van der Waals surface area contributed by atoms with Crippen LogP contribution in [-0.4, -0.2) is 39.4 Å². The predicted octanol–water partition coefficient (Wildman–Crippen LogP) is 1.75. The highest BCUT2D eigenvalue weighted by atomic mass is 32.2. The maximum Gasteiger partial charge on any atom is 0.257 e. The number of carbonyl (C=O) groups excluding carboxylic acids is 1. The Balaban J connectivity index is 2.33. The van der Waals surface area contributed by atoms with Crippen LogP contribution in [0.2, 0.25) is 0 Å². The topological polar surface area (TPSA) is 89.7 Å². The smallest absolute Gasteiger partial charge is 0.257 e. The van der Waals surface area contributed by atoms with E-state index in [1.54, 1.807) is 4.90 Å². The van der Waals surface area contributed by atoms with Crippen molar-refractivity contribution < 1.29 is 17.9 Å². The van der Waals surface area contributed by atoms with Crippen LogP contribution < -0.4 is 9.88 Å².